The fraction of sp³-hybridized carbons (Fsp3) is 0. The van der Waals surface area contributed by atoms with Crippen LogP contribution in [0.5, 0.6) is 0 Å². The van der Waals surface area contributed by atoms with Gasteiger partial charge >= 0.3 is 0 Å². The van der Waals surface area contributed by atoms with Gasteiger partial charge in [-0.3, -0.25) is 9.13 Å². The highest BCUT2D eigenvalue weighted by atomic mass is 32.2. The molecular formula is C44H28N2S. The minimum Gasteiger partial charge on any atom is -0.295 e. The third-order valence-electron chi connectivity index (χ3n) is 9.53. The van der Waals surface area contributed by atoms with Crippen LogP contribution in [0.1, 0.15) is 0 Å². The van der Waals surface area contributed by atoms with E-state index in [9.17, 15) is 0 Å². The Balaban J connectivity index is 1.23. The number of benzene rings is 7. The van der Waals surface area contributed by atoms with Gasteiger partial charge in [0.25, 0.3) is 0 Å². The minimum absolute atomic E-state index is 1.15. The molecule has 1 aliphatic rings. The van der Waals surface area contributed by atoms with Crippen molar-refractivity contribution in [2.24, 2.45) is 0 Å². The summed E-state index contributed by atoms with van der Waals surface area (Å²) in [6, 6.07) is 61.7. The highest BCUT2D eigenvalue weighted by molar-refractivity contribution is 7.99. The monoisotopic (exact) mass is 616 g/mol. The number of para-hydroxylation sites is 2. The Kier molecular flexibility index (Phi) is 5.84. The van der Waals surface area contributed by atoms with Gasteiger partial charge in [-0.2, -0.15) is 0 Å². The molecule has 0 spiro atoms. The third kappa shape index (κ3) is 4.00. The van der Waals surface area contributed by atoms with Crippen molar-refractivity contribution >= 4 is 44.6 Å². The lowest BCUT2D eigenvalue weighted by Crippen LogP contribution is -2.05. The Morgan fingerprint density at radius 1 is 0.383 bits per heavy atom. The van der Waals surface area contributed by atoms with Gasteiger partial charge in [0, 0.05) is 31.6 Å². The molecular weight excluding hydrogens is 589 g/mol. The maximum atomic E-state index is 2.51. The predicted octanol–water partition coefficient (Wildman–Crippen LogP) is 12.2. The van der Waals surface area contributed by atoms with Crippen molar-refractivity contribution in [2.75, 3.05) is 0 Å². The molecule has 0 amide bonds. The first-order valence-corrected chi connectivity index (χ1v) is 16.8. The van der Waals surface area contributed by atoms with Gasteiger partial charge in [0.2, 0.25) is 0 Å². The second-order valence-corrected chi connectivity index (χ2v) is 13.2. The van der Waals surface area contributed by atoms with Crippen LogP contribution < -0.4 is 0 Å². The van der Waals surface area contributed by atoms with Crippen molar-refractivity contribution in [2.45, 2.75) is 9.79 Å². The number of nitrogens with zero attached hydrogens (tertiary/aromatic N) is 2. The molecule has 2 aromatic heterocycles. The fourth-order valence-corrected chi connectivity index (χ4v) is 8.52. The topological polar surface area (TPSA) is 9.86 Å². The molecule has 3 heterocycles. The Morgan fingerprint density at radius 2 is 0.957 bits per heavy atom. The van der Waals surface area contributed by atoms with E-state index in [4.69, 9.17) is 0 Å². The lowest BCUT2D eigenvalue weighted by atomic mass is 9.99. The normalized spacial score (nSPS) is 12.2. The SMILES string of the molecule is c1ccc(-c2ccc(-c3ccc(-n4c5cccc(-c6ccccc6)c5c5c6cccc7c6n(c54)-c4ccccc4S7)cc3)cc2)cc1. The van der Waals surface area contributed by atoms with Crippen molar-refractivity contribution in [1.82, 2.24) is 9.13 Å². The molecule has 220 valence electrons. The van der Waals surface area contributed by atoms with Gasteiger partial charge in [-0.1, -0.05) is 145 Å². The molecule has 1 aliphatic heterocycles. The average Bonchev–Trinajstić information content (AvgIpc) is 3.67. The zero-order valence-electron chi connectivity index (χ0n) is 25.5. The first-order chi connectivity index (χ1) is 23.3. The van der Waals surface area contributed by atoms with E-state index in [-0.39, 0.29) is 0 Å². The quantitative estimate of drug-likeness (QED) is 0.191. The zero-order valence-corrected chi connectivity index (χ0v) is 26.3. The highest BCUT2D eigenvalue weighted by Crippen LogP contribution is 2.50. The van der Waals surface area contributed by atoms with E-state index in [1.807, 2.05) is 11.8 Å². The second kappa shape index (κ2) is 10.4. The molecule has 7 aromatic carbocycles. The number of fused-ring (bicyclic) bond motifs is 7. The Hall–Kier alpha value is -5.77. The summed E-state index contributed by atoms with van der Waals surface area (Å²) in [6.45, 7) is 0. The molecule has 2 nitrogen and oxygen atoms in total. The van der Waals surface area contributed by atoms with Crippen LogP contribution in [0.4, 0.5) is 0 Å². The van der Waals surface area contributed by atoms with E-state index in [1.165, 1.54) is 81.7 Å². The summed E-state index contributed by atoms with van der Waals surface area (Å²) >= 11 is 1.87. The van der Waals surface area contributed by atoms with Gasteiger partial charge < -0.3 is 0 Å². The summed E-state index contributed by atoms with van der Waals surface area (Å²) in [4.78, 5) is 2.57. The smallest absolute Gasteiger partial charge is 0.131 e. The van der Waals surface area contributed by atoms with Gasteiger partial charge in [0.05, 0.1) is 16.7 Å². The average molecular weight is 617 g/mol. The summed E-state index contributed by atoms with van der Waals surface area (Å²) < 4.78 is 4.99. The molecule has 0 N–H and O–H groups in total. The third-order valence-corrected chi connectivity index (χ3v) is 10.6. The molecule has 47 heavy (non-hydrogen) atoms. The summed E-state index contributed by atoms with van der Waals surface area (Å²) in [7, 11) is 0. The molecule has 0 bridgehead atoms. The van der Waals surface area contributed by atoms with Crippen molar-refractivity contribution in [3.63, 3.8) is 0 Å². The molecule has 0 aliphatic carbocycles. The van der Waals surface area contributed by atoms with Gasteiger partial charge in [0.15, 0.2) is 0 Å². The van der Waals surface area contributed by atoms with E-state index in [0.29, 0.717) is 0 Å². The van der Waals surface area contributed by atoms with Gasteiger partial charge in [-0.15, -0.1) is 0 Å². The molecule has 0 fully saturated rings. The lowest BCUT2D eigenvalue weighted by Gasteiger charge is -2.21. The first-order valence-electron chi connectivity index (χ1n) is 16.0. The molecule has 3 heteroatoms. The lowest BCUT2D eigenvalue weighted by molar-refractivity contribution is 1.03. The summed E-state index contributed by atoms with van der Waals surface area (Å²) in [6.07, 6.45) is 0. The summed E-state index contributed by atoms with van der Waals surface area (Å²) in [5, 5.41) is 3.88. The van der Waals surface area contributed by atoms with Crippen LogP contribution in [0.3, 0.4) is 0 Å². The van der Waals surface area contributed by atoms with E-state index in [1.54, 1.807) is 0 Å². The number of rotatable bonds is 4. The van der Waals surface area contributed by atoms with Crippen LogP contribution in [0.2, 0.25) is 0 Å². The van der Waals surface area contributed by atoms with E-state index < -0.39 is 0 Å². The van der Waals surface area contributed by atoms with Crippen molar-refractivity contribution in [3.8, 4) is 44.8 Å². The van der Waals surface area contributed by atoms with Crippen LogP contribution >= 0.6 is 11.8 Å². The molecule has 0 unspecified atom stereocenters. The zero-order chi connectivity index (χ0) is 30.9. The van der Waals surface area contributed by atoms with Crippen molar-refractivity contribution < 1.29 is 0 Å². The minimum atomic E-state index is 1.15. The first kappa shape index (κ1) is 26.4. The number of aromatic nitrogens is 2. The standard InChI is InChI=1S/C44H28N2S/c1-3-11-29(12-4-1)30-21-23-31(24-22-30)32-25-27-34(28-26-32)45-38-18-9-15-35(33-13-5-2-6-14-33)41(38)42-36-16-10-20-40-43(36)46(44(42)45)37-17-7-8-19-39(37)47-40/h1-28H. The van der Waals surface area contributed by atoms with Crippen molar-refractivity contribution in [1.29, 1.82) is 0 Å². The van der Waals surface area contributed by atoms with Crippen LogP contribution in [0.25, 0.3) is 77.6 Å². The largest absolute Gasteiger partial charge is 0.295 e. The Labute approximate surface area is 277 Å². The molecule has 0 radical (unpaired) electrons. The van der Waals surface area contributed by atoms with Gasteiger partial charge in [0.1, 0.15) is 5.65 Å². The summed E-state index contributed by atoms with van der Waals surface area (Å²) in [5.41, 5.74) is 13.5. The Morgan fingerprint density at radius 3 is 1.68 bits per heavy atom. The van der Waals surface area contributed by atoms with Crippen LogP contribution in [0.15, 0.2) is 180 Å². The molecule has 0 saturated heterocycles. The van der Waals surface area contributed by atoms with Crippen molar-refractivity contribution in [3.05, 3.63) is 170 Å². The number of hydrogen-bond donors (Lipinski definition) is 0. The maximum absolute atomic E-state index is 2.51. The maximum Gasteiger partial charge on any atom is 0.131 e. The van der Waals surface area contributed by atoms with Crippen LogP contribution in [0, 0.1) is 0 Å². The molecule has 0 saturated carbocycles. The van der Waals surface area contributed by atoms with E-state index in [2.05, 4.69) is 179 Å². The molecule has 9 aromatic rings. The molecule has 0 atom stereocenters. The van der Waals surface area contributed by atoms with Gasteiger partial charge in [-0.25, -0.2) is 0 Å². The highest BCUT2D eigenvalue weighted by Gasteiger charge is 2.28. The number of hydrogen-bond acceptors (Lipinski definition) is 1. The fourth-order valence-electron chi connectivity index (χ4n) is 7.43. The Bertz CT molecular complexity index is 2610. The van der Waals surface area contributed by atoms with Gasteiger partial charge in [-0.05, 0) is 69.8 Å². The van der Waals surface area contributed by atoms with E-state index in [0.717, 1.165) is 5.69 Å². The van der Waals surface area contributed by atoms with E-state index >= 15 is 0 Å². The predicted molar refractivity (Wildman–Crippen MR) is 198 cm³/mol. The summed E-state index contributed by atoms with van der Waals surface area (Å²) in [5.74, 6) is 0. The second-order valence-electron chi connectivity index (χ2n) is 12.1. The van der Waals surface area contributed by atoms with Crippen LogP contribution in [-0.4, -0.2) is 9.13 Å². The van der Waals surface area contributed by atoms with Crippen LogP contribution in [-0.2, 0) is 0 Å². The molecule has 10 rings (SSSR count).